The third-order valence-corrected chi connectivity index (χ3v) is 9.86. The first kappa shape index (κ1) is 41.3. The van der Waals surface area contributed by atoms with Gasteiger partial charge in [-0.15, -0.1) is 0 Å². The maximum Gasteiger partial charge on any atom is 0.471 e. The van der Waals surface area contributed by atoms with Crippen molar-refractivity contribution in [1.82, 2.24) is 34.4 Å². The summed E-state index contributed by atoms with van der Waals surface area (Å²) in [5.74, 6) is -1.61. The molecule has 1 fully saturated rings. The predicted octanol–water partition coefficient (Wildman–Crippen LogP) is 5.25. The van der Waals surface area contributed by atoms with Crippen LogP contribution >= 0.6 is 8.53 Å². The van der Waals surface area contributed by atoms with E-state index in [0.29, 0.717) is 43.6 Å². The van der Waals surface area contributed by atoms with Gasteiger partial charge in [-0.2, -0.15) is 13.2 Å². The lowest BCUT2D eigenvalue weighted by molar-refractivity contribution is -0.173. The number of fused-ring (bicyclic) bond motifs is 1. The van der Waals surface area contributed by atoms with Gasteiger partial charge in [0.15, 0.2) is 17.4 Å². The zero-order valence-corrected chi connectivity index (χ0v) is 30.7. The number of rotatable bonds is 20. The Labute approximate surface area is 292 Å². The Balaban J connectivity index is 1.90. The minimum atomic E-state index is -4.90. The van der Waals surface area contributed by atoms with Crippen molar-refractivity contribution in [2.24, 2.45) is 0 Å². The van der Waals surface area contributed by atoms with Crippen molar-refractivity contribution in [1.29, 1.82) is 0 Å². The number of aromatic nitrogens is 4. The molecule has 2 aromatic heterocycles. The summed E-state index contributed by atoms with van der Waals surface area (Å²) in [7, 11) is 2.05. The van der Waals surface area contributed by atoms with Crippen molar-refractivity contribution in [2.45, 2.75) is 110 Å². The van der Waals surface area contributed by atoms with E-state index in [9.17, 15) is 22.8 Å². The number of carbonyl (C=O) groups excluding carboxylic acids is 1. The molecule has 18 heteroatoms. The highest BCUT2D eigenvalue weighted by Crippen LogP contribution is 2.51. The average Bonchev–Trinajstić information content (AvgIpc) is 3.61. The van der Waals surface area contributed by atoms with Crippen LogP contribution in [0.15, 0.2) is 17.3 Å². The topological polar surface area (TPSA) is 140 Å². The minimum Gasteiger partial charge on any atom is -0.383 e. The molecule has 0 aromatic carbocycles. The molecule has 1 saturated heterocycles. The summed E-state index contributed by atoms with van der Waals surface area (Å²) in [6, 6.07) is 0.129. The Morgan fingerprint density at radius 2 is 1.88 bits per heavy atom. The zero-order valence-electron chi connectivity index (χ0n) is 29.8. The fourth-order valence-electron chi connectivity index (χ4n) is 5.49. The van der Waals surface area contributed by atoms with Gasteiger partial charge in [-0.3, -0.25) is 14.2 Å². The fourth-order valence-corrected chi connectivity index (χ4v) is 7.25. The molecule has 2 unspecified atom stereocenters. The quantitative estimate of drug-likeness (QED) is 0.106. The molecule has 0 aliphatic carbocycles. The van der Waals surface area contributed by atoms with Crippen LogP contribution in [0.3, 0.4) is 0 Å². The number of carbonyl (C=O) groups is 1. The lowest BCUT2D eigenvalue weighted by Gasteiger charge is -2.38. The van der Waals surface area contributed by atoms with E-state index in [4.69, 9.17) is 25.1 Å². The molecule has 1 aliphatic heterocycles. The third kappa shape index (κ3) is 11.4. The maximum absolute atomic E-state index is 13.0. The molecule has 1 aliphatic rings. The van der Waals surface area contributed by atoms with Crippen LogP contribution in [0.5, 0.6) is 0 Å². The summed E-state index contributed by atoms with van der Waals surface area (Å²) in [6.07, 6.45) is 0.284. The molecule has 50 heavy (non-hydrogen) atoms. The van der Waals surface area contributed by atoms with Gasteiger partial charge in [-0.05, 0) is 53.0 Å². The van der Waals surface area contributed by atoms with E-state index in [0.717, 1.165) is 0 Å². The normalized spacial score (nSPS) is 20.4. The number of nitrogens with one attached hydrogen (secondary N) is 2. The van der Waals surface area contributed by atoms with Crippen LogP contribution in [0.1, 0.15) is 78.8 Å². The highest BCUT2D eigenvalue weighted by molar-refractivity contribution is 7.44. The molecule has 3 rings (SSSR count). The molecule has 280 valence electrons. The number of ether oxygens (including phenoxy) is 2. The van der Waals surface area contributed by atoms with E-state index in [1.807, 2.05) is 58.9 Å². The first-order valence-electron chi connectivity index (χ1n) is 16.8. The highest BCUT2D eigenvalue weighted by atomic mass is 31.2. The summed E-state index contributed by atoms with van der Waals surface area (Å²) in [5, 5.41) is 1.89. The van der Waals surface area contributed by atoms with Crippen LogP contribution in [0.25, 0.3) is 22.1 Å². The lowest BCUT2D eigenvalue weighted by atomic mass is 10.1. The standard InChI is InChI=1S/C32H50F3N8O6P/c1-9-23-26(49-50(47-19-16-36-6)43(21(2)3)22(4)5)27(46-18-13-11-10-12-15-37-31(45)32(33,34)35)30(48-23)42-20-38-25-28(42)39-24(40-29(25)44)14-17-41(7)8/h14,17,20-23,26-27,30H,9-13,15-16,18-19H2,1-5,7-8H3,(H,37,45)(H,39,40,44)/b17-14+/t23-,26+,27?,30-,50?/m1/s1. The van der Waals surface area contributed by atoms with Crippen LogP contribution in [0, 0.1) is 6.57 Å². The van der Waals surface area contributed by atoms with Crippen molar-refractivity contribution in [3.63, 3.8) is 0 Å². The lowest BCUT2D eigenvalue weighted by Crippen LogP contribution is -2.40. The van der Waals surface area contributed by atoms with Crippen molar-refractivity contribution >= 4 is 31.7 Å². The summed E-state index contributed by atoms with van der Waals surface area (Å²) in [6.45, 7) is 18.0. The largest absolute Gasteiger partial charge is 0.471 e. The van der Waals surface area contributed by atoms with Gasteiger partial charge in [-0.25, -0.2) is 21.2 Å². The number of imidazole rings is 1. The molecule has 0 radical (unpaired) electrons. The average molecular weight is 731 g/mol. The minimum absolute atomic E-state index is 0.0645. The Hall–Kier alpha value is -3.13. The van der Waals surface area contributed by atoms with Crippen LogP contribution in [-0.2, 0) is 23.3 Å². The molecular weight excluding hydrogens is 680 g/mol. The number of aromatic amines is 1. The molecule has 0 bridgehead atoms. The van der Waals surface area contributed by atoms with Gasteiger partial charge in [0, 0.05) is 45.5 Å². The molecule has 0 spiro atoms. The van der Waals surface area contributed by atoms with Crippen molar-refractivity contribution < 1.29 is 36.5 Å². The number of hydrogen-bond acceptors (Lipinski definition) is 10. The van der Waals surface area contributed by atoms with Crippen LogP contribution < -0.4 is 10.9 Å². The van der Waals surface area contributed by atoms with Crippen molar-refractivity contribution in [3.05, 3.63) is 40.1 Å². The monoisotopic (exact) mass is 730 g/mol. The summed E-state index contributed by atoms with van der Waals surface area (Å²) in [4.78, 5) is 41.0. The van der Waals surface area contributed by atoms with E-state index in [2.05, 4.69) is 24.5 Å². The van der Waals surface area contributed by atoms with Crippen LogP contribution in [-0.4, -0.2) is 112 Å². The molecule has 14 nitrogen and oxygen atoms in total. The van der Waals surface area contributed by atoms with Crippen molar-refractivity contribution in [3.8, 4) is 0 Å². The van der Waals surface area contributed by atoms with E-state index < -0.39 is 50.7 Å². The first-order valence-corrected chi connectivity index (χ1v) is 18.0. The summed E-state index contributed by atoms with van der Waals surface area (Å²) < 4.78 is 67.4. The fraction of sp³-hybridized carbons (Fsp3) is 0.719. The maximum atomic E-state index is 13.0. The number of unbranched alkanes of at least 4 members (excludes halogenated alkanes) is 3. The van der Waals surface area contributed by atoms with E-state index in [-0.39, 0.29) is 43.9 Å². The number of H-pyrrole nitrogens is 1. The Bertz CT molecular complexity index is 1490. The second-order valence-electron chi connectivity index (χ2n) is 12.6. The number of nitrogens with zero attached hydrogens (tertiary/aromatic N) is 6. The molecule has 3 heterocycles. The molecule has 2 aromatic rings. The Morgan fingerprint density at radius 3 is 2.50 bits per heavy atom. The number of amides is 1. The molecule has 5 atom stereocenters. The van der Waals surface area contributed by atoms with Gasteiger partial charge in [0.05, 0.1) is 12.4 Å². The Kier molecular flexibility index (Phi) is 16.1. The SMILES string of the molecule is [C-]#[N+]CCOP(O[C@@H]1C(OCCCCCCNC(=O)C(F)(F)F)[C@H](n2cnc3c(=O)[nH]c(/C=C/N(C)C)nc32)O[C@@H]1CC)N(C(C)C)C(C)C. The smallest absolute Gasteiger partial charge is 0.383 e. The van der Waals surface area contributed by atoms with Crippen LogP contribution in [0.2, 0.25) is 0 Å². The third-order valence-electron chi connectivity index (χ3n) is 7.73. The van der Waals surface area contributed by atoms with Gasteiger partial charge in [-0.1, -0.05) is 19.8 Å². The van der Waals surface area contributed by atoms with Gasteiger partial charge in [0.1, 0.15) is 24.6 Å². The summed E-state index contributed by atoms with van der Waals surface area (Å²) in [5.41, 5.74) is 0.0405. The zero-order chi connectivity index (χ0) is 37.0. The van der Waals surface area contributed by atoms with Gasteiger partial charge in [0.2, 0.25) is 6.54 Å². The van der Waals surface area contributed by atoms with E-state index in [1.54, 1.807) is 16.8 Å². The van der Waals surface area contributed by atoms with Gasteiger partial charge < -0.3 is 38.6 Å². The summed E-state index contributed by atoms with van der Waals surface area (Å²) >= 11 is 0. The van der Waals surface area contributed by atoms with E-state index in [1.165, 1.54) is 6.33 Å². The molecule has 0 saturated carbocycles. The second-order valence-corrected chi connectivity index (χ2v) is 14.0. The van der Waals surface area contributed by atoms with Crippen molar-refractivity contribution in [2.75, 3.05) is 40.4 Å². The van der Waals surface area contributed by atoms with Gasteiger partial charge >= 0.3 is 12.1 Å². The van der Waals surface area contributed by atoms with E-state index >= 15 is 0 Å². The molecule has 1 amide bonds. The van der Waals surface area contributed by atoms with Gasteiger partial charge in [0.25, 0.3) is 14.1 Å². The number of halogens is 3. The van der Waals surface area contributed by atoms with Crippen LogP contribution in [0.4, 0.5) is 13.2 Å². The number of hydrogen-bond donors (Lipinski definition) is 2. The Morgan fingerprint density at radius 1 is 1.18 bits per heavy atom. The first-order chi connectivity index (χ1) is 23.7. The molecular formula is C32H50F3N8O6P. The second kappa shape index (κ2) is 19.5. The number of alkyl halides is 3. The molecule has 2 N–H and O–H groups in total. The highest BCUT2D eigenvalue weighted by Gasteiger charge is 2.49. The predicted molar refractivity (Wildman–Crippen MR) is 184 cm³/mol.